The summed E-state index contributed by atoms with van der Waals surface area (Å²) in [6.07, 6.45) is 2.48. The highest BCUT2D eigenvalue weighted by molar-refractivity contribution is 9.10. The van der Waals surface area contributed by atoms with Crippen molar-refractivity contribution in [3.05, 3.63) is 45.7 Å². The van der Waals surface area contributed by atoms with Crippen molar-refractivity contribution in [2.24, 2.45) is 0 Å². The van der Waals surface area contributed by atoms with Gasteiger partial charge in [0.1, 0.15) is 6.61 Å². The molecule has 0 saturated carbocycles. The molecule has 27 heavy (non-hydrogen) atoms. The van der Waals surface area contributed by atoms with E-state index in [0.717, 1.165) is 37.6 Å². The third-order valence-corrected chi connectivity index (χ3v) is 4.17. The number of anilines is 1. The molecule has 0 bridgehead atoms. The van der Waals surface area contributed by atoms with Crippen molar-refractivity contribution in [1.29, 1.82) is 0 Å². The normalized spacial score (nSPS) is 14.3. The van der Waals surface area contributed by atoms with Crippen molar-refractivity contribution in [3.8, 4) is 5.88 Å². The number of rotatable bonds is 4. The van der Waals surface area contributed by atoms with Gasteiger partial charge in [-0.3, -0.25) is 4.55 Å². The van der Waals surface area contributed by atoms with Gasteiger partial charge in [-0.25, -0.2) is 4.98 Å². The molecule has 2 heterocycles. The lowest BCUT2D eigenvalue weighted by Crippen LogP contribution is -2.43. The average Bonchev–Trinajstić information content (AvgIpc) is 2.60. The molecule has 1 aromatic carbocycles. The second-order valence-electron chi connectivity index (χ2n) is 5.71. The topological polar surface area (TPSA) is 105 Å². The summed E-state index contributed by atoms with van der Waals surface area (Å²) >= 11 is 9.37. The predicted molar refractivity (Wildman–Crippen MR) is 108 cm³/mol. The molecular weight excluding hydrogens is 460 g/mol. The zero-order valence-corrected chi connectivity index (χ0v) is 17.8. The minimum absolute atomic E-state index is 0.402. The number of benzene rings is 1. The second-order valence-corrected chi connectivity index (χ2v) is 8.37. The van der Waals surface area contributed by atoms with E-state index in [1.54, 1.807) is 6.20 Å². The van der Waals surface area contributed by atoms with E-state index in [-0.39, 0.29) is 0 Å². The van der Waals surface area contributed by atoms with E-state index < -0.39 is 10.1 Å². The van der Waals surface area contributed by atoms with Crippen LogP contribution in [0, 0.1) is 0 Å². The number of nitrogens with one attached hydrogen (secondary N) is 1. The van der Waals surface area contributed by atoms with Crippen LogP contribution >= 0.6 is 27.5 Å². The third kappa shape index (κ3) is 8.39. The largest absolute Gasteiger partial charge is 0.471 e. The van der Waals surface area contributed by atoms with Gasteiger partial charge in [0.05, 0.1) is 12.5 Å². The number of nitrogens with zero attached hydrogens (tertiary/aromatic N) is 3. The Morgan fingerprint density at radius 2 is 2.04 bits per heavy atom. The molecule has 0 unspecified atom stereocenters. The Hall–Kier alpha value is -1.46. The monoisotopic (exact) mass is 478 g/mol. The van der Waals surface area contributed by atoms with Crippen molar-refractivity contribution < 1.29 is 17.7 Å². The predicted octanol–water partition coefficient (Wildman–Crippen LogP) is 2.39. The highest BCUT2D eigenvalue weighted by Crippen LogP contribution is 2.24. The van der Waals surface area contributed by atoms with Crippen LogP contribution in [0.15, 0.2) is 35.1 Å². The van der Waals surface area contributed by atoms with Gasteiger partial charge in [-0.1, -0.05) is 23.7 Å². The number of hydrogen-bond acceptors (Lipinski definition) is 7. The Kier molecular flexibility index (Phi) is 8.24. The summed E-state index contributed by atoms with van der Waals surface area (Å²) in [5.74, 6) is 1.34. The molecule has 1 saturated heterocycles. The molecule has 1 fully saturated rings. The molecule has 0 aliphatic carbocycles. The van der Waals surface area contributed by atoms with Crippen molar-refractivity contribution in [3.63, 3.8) is 0 Å². The van der Waals surface area contributed by atoms with Crippen molar-refractivity contribution in [2.45, 2.75) is 6.61 Å². The molecule has 8 nitrogen and oxygen atoms in total. The summed E-state index contributed by atoms with van der Waals surface area (Å²) in [4.78, 5) is 11.1. The van der Waals surface area contributed by atoms with Crippen LogP contribution in [0.4, 0.5) is 5.82 Å². The lowest BCUT2D eigenvalue weighted by molar-refractivity contribution is 0.290. The zero-order chi connectivity index (χ0) is 19.9. The zero-order valence-electron chi connectivity index (χ0n) is 14.6. The molecule has 1 aromatic heterocycles. The van der Waals surface area contributed by atoms with Gasteiger partial charge in [-0.05, 0) is 33.6 Å². The van der Waals surface area contributed by atoms with Crippen molar-refractivity contribution in [1.82, 2.24) is 15.3 Å². The maximum absolute atomic E-state index is 9.19. The molecule has 0 amide bonds. The van der Waals surface area contributed by atoms with Gasteiger partial charge in [-0.2, -0.15) is 13.4 Å². The van der Waals surface area contributed by atoms with E-state index in [1.807, 2.05) is 24.3 Å². The Balaban J connectivity index is 0.000000465. The fourth-order valence-electron chi connectivity index (χ4n) is 2.27. The van der Waals surface area contributed by atoms with Crippen LogP contribution in [0.2, 0.25) is 5.02 Å². The Bertz CT molecular complexity index is 855. The SMILES string of the molecule is CS(=O)(=O)O.Clc1cccc(COc2nc(N3CCNCC3)cnc2Br)c1. The summed E-state index contributed by atoms with van der Waals surface area (Å²) in [7, 11) is -3.67. The summed E-state index contributed by atoms with van der Waals surface area (Å²) in [5, 5.41) is 4.01. The first-order valence-electron chi connectivity index (χ1n) is 8.00. The van der Waals surface area contributed by atoms with E-state index in [0.29, 0.717) is 28.4 Å². The van der Waals surface area contributed by atoms with E-state index in [9.17, 15) is 8.42 Å². The van der Waals surface area contributed by atoms with Gasteiger partial charge in [0.25, 0.3) is 10.1 Å². The highest BCUT2D eigenvalue weighted by Gasteiger charge is 2.15. The molecule has 11 heteroatoms. The maximum atomic E-state index is 9.19. The number of ether oxygens (including phenoxy) is 1. The van der Waals surface area contributed by atoms with Crippen molar-refractivity contribution in [2.75, 3.05) is 37.3 Å². The van der Waals surface area contributed by atoms with E-state index in [2.05, 4.69) is 36.1 Å². The summed E-state index contributed by atoms with van der Waals surface area (Å²) < 4.78 is 32.3. The Labute approximate surface area is 171 Å². The standard InChI is InChI=1S/C15H16BrClN4O.CH4O3S/c16-14-15(22-10-11-2-1-3-12(17)8-11)20-13(9-19-14)21-6-4-18-5-7-21;1-5(2,3)4/h1-3,8-9,18H,4-7,10H2;1H3,(H,2,3,4). The van der Waals surface area contributed by atoms with Crippen LogP contribution in [0.3, 0.4) is 0 Å². The molecule has 148 valence electrons. The molecule has 3 rings (SSSR count). The fraction of sp³-hybridized carbons (Fsp3) is 0.375. The van der Waals surface area contributed by atoms with E-state index >= 15 is 0 Å². The lowest BCUT2D eigenvalue weighted by atomic mass is 10.2. The van der Waals surface area contributed by atoms with Gasteiger partial charge < -0.3 is 15.0 Å². The average molecular weight is 480 g/mol. The van der Waals surface area contributed by atoms with Gasteiger partial charge in [0.15, 0.2) is 10.4 Å². The van der Waals surface area contributed by atoms with Crippen LogP contribution in [0.1, 0.15) is 5.56 Å². The van der Waals surface area contributed by atoms with Gasteiger partial charge in [-0.15, -0.1) is 0 Å². The maximum Gasteiger partial charge on any atom is 0.261 e. The number of halogens is 2. The molecule has 0 radical (unpaired) electrons. The first-order valence-corrected chi connectivity index (χ1v) is 11.0. The van der Waals surface area contributed by atoms with Gasteiger partial charge in [0.2, 0.25) is 5.88 Å². The molecule has 1 aliphatic rings. The van der Waals surface area contributed by atoms with Crippen LogP contribution in [0.25, 0.3) is 0 Å². The summed E-state index contributed by atoms with van der Waals surface area (Å²) in [5.41, 5.74) is 0.994. The third-order valence-electron chi connectivity index (χ3n) is 3.39. The molecule has 1 aliphatic heterocycles. The van der Waals surface area contributed by atoms with E-state index in [4.69, 9.17) is 20.9 Å². The molecule has 0 spiro atoms. The number of hydrogen-bond donors (Lipinski definition) is 2. The number of piperazine rings is 1. The lowest BCUT2D eigenvalue weighted by Gasteiger charge is -2.28. The Morgan fingerprint density at radius 3 is 2.67 bits per heavy atom. The van der Waals surface area contributed by atoms with Gasteiger partial charge >= 0.3 is 0 Å². The molecule has 2 aromatic rings. The first-order chi connectivity index (χ1) is 12.7. The summed E-state index contributed by atoms with van der Waals surface area (Å²) in [6.45, 7) is 4.15. The van der Waals surface area contributed by atoms with Crippen LogP contribution in [0.5, 0.6) is 5.88 Å². The second kappa shape index (κ2) is 10.2. The van der Waals surface area contributed by atoms with Gasteiger partial charge in [0, 0.05) is 31.2 Å². The fourth-order valence-corrected chi connectivity index (χ4v) is 2.78. The smallest absolute Gasteiger partial charge is 0.261 e. The van der Waals surface area contributed by atoms with E-state index in [1.165, 1.54) is 0 Å². The van der Waals surface area contributed by atoms with Crippen LogP contribution < -0.4 is 15.0 Å². The molecular formula is C16H20BrClN4O4S. The number of aromatic nitrogens is 2. The molecule has 2 N–H and O–H groups in total. The van der Waals surface area contributed by atoms with Crippen LogP contribution in [-0.2, 0) is 16.7 Å². The first kappa shape index (κ1) is 21.8. The Morgan fingerprint density at radius 1 is 1.37 bits per heavy atom. The minimum Gasteiger partial charge on any atom is -0.471 e. The highest BCUT2D eigenvalue weighted by atomic mass is 79.9. The van der Waals surface area contributed by atoms with Crippen molar-refractivity contribution >= 4 is 43.5 Å². The minimum atomic E-state index is -3.67. The quantitative estimate of drug-likeness (QED) is 0.644. The van der Waals surface area contributed by atoms with Crippen LogP contribution in [-0.4, -0.2) is 55.4 Å². The summed E-state index contributed by atoms with van der Waals surface area (Å²) in [6, 6.07) is 7.58. The molecule has 0 atom stereocenters.